The molecule has 1 aromatic heterocycles. The number of alkyl carbamates (subject to hydrolysis) is 1. The first-order valence-electron chi connectivity index (χ1n) is 10.9. The van der Waals surface area contributed by atoms with Crippen molar-refractivity contribution in [2.24, 2.45) is 0 Å². The summed E-state index contributed by atoms with van der Waals surface area (Å²) < 4.78 is 20.2. The van der Waals surface area contributed by atoms with E-state index in [9.17, 15) is 14.0 Å². The number of aromatic nitrogens is 1. The summed E-state index contributed by atoms with van der Waals surface area (Å²) in [4.78, 5) is 32.0. The fourth-order valence-electron chi connectivity index (χ4n) is 3.79. The maximum Gasteiger partial charge on any atom is 0.407 e. The first-order valence-corrected chi connectivity index (χ1v) is 11.2. The minimum Gasteiger partial charge on any atom is -0.444 e. The molecule has 1 N–H and O–H groups in total. The summed E-state index contributed by atoms with van der Waals surface area (Å²) in [6.45, 7) is 6.76. The summed E-state index contributed by atoms with van der Waals surface area (Å²) >= 11 is 6.20. The molecule has 2 aromatic rings. The lowest BCUT2D eigenvalue weighted by Gasteiger charge is -2.36. The number of carbonyl (C=O) groups excluding carboxylic acids is 2. The van der Waals surface area contributed by atoms with Crippen LogP contribution in [0.15, 0.2) is 30.5 Å². The van der Waals surface area contributed by atoms with E-state index < -0.39 is 23.4 Å². The van der Waals surface area contributed by atoms with Gasteiger partial charge in [-0.05, 0) is 57.4 Å². The van der Waals surface area contributed by atoms with Crippen LogP contribution in [0.3, 0.4) is 0 Å². The van der Waals surface area contributed by atoms with Crippen LogP contribution < -0.4 is 10.2 Å². The second kappa shape index (κ2) is 9.95. The molecule has 178 valence electrons. The molecule has 1 saturated heterocycles. The first-order chi connectivity index (χ1) is 15.4. The summed E-state index contributed by atoms with van der Waals surface area (Å²) in [5, 5.41) is 3.25. The predicted octanol–water partition coefficient (Wildman–Crippen LogP) is 4.74. The van der Waals surface area contributed by atoms with Gasteiger partial charge in [0.15, 0.2) is 0 Å². The maximum atomic E-state index is 14.8. The standard InChI is InChI=1S/C24H30ClFN4O3/c1-24(2,3)33-23(32)28-16-7-6-10-30(14-16)20-12-21(25)27-13-18(20)15-8-9-17(19(26)11-15)22(31)29(4)5/h8-9,11-13,16H,6-7,10,14H2,1-5H3,(H,28,32)/t16-/m0/s1. The van der Waals surface area contributed by atoms with Crippen LogP contribution >= 0.6 is 11.6 Å². The molecule has 0 saturated carbocycles. The van der Waals surface area contributed by atoms with Crippen molar-refractivity contribution < 1.29 is 18.7 Å². The molecule has 7 nitrogen and oxygen atoms in total. The lowest BCUT2D eigenvalue weighted by molar-refractivity contribution is 0.0499. The zero-order chi connectivity index (χ0) is 24.3. The van der Waals surface area contributed by atoms with Gasteiger partial charge >= 0.3 is 6.09 Å². The van der Waals surface area contributed by atoms with Gasteiger partial charge in [-0.15, -0.1) is 0 Å². The largest absolute Gasteiger partial charge is 0.444 e. The average molecular weight is 477 g/mol. The van der Waals surface area contributed by atoms with Crippen LogP contribution in [0.1, 0.15) is 44.0 Å². The van der Waals surface area contributed by atoms with Crippen LogP contribution in [0.25, 0.3) is 11.1 Å². The molecule has 1 atom stereocenters. The van der Waals surface area contributed by atoms with Crippen molar-refractivity contribution in [3.05, 3.63) is 47.0 Å². The molecule has 2 heterocycles. The third-order valence-corrected chi connectivity index (χ3v) is 5.46. The summed E-state index contributed by atoms with van der Waals surface area (Å²) in [5.74, 6) is -1.00. The van der Waals surface area contributed by atoms with Gasteiger partial charge in [0.25, 0.3) is 5.91 Å². The van der Waals surface area contributed by atoms with E-state index >= 15 is 0 Å². The van der Waals surface area contributed by atoms with Gasteiger partial charge in [0, 0.05) is 50.7 Å². The number of ether oxygens (including phenoxy) is 1. The van der Waals surface area contributed by atoms with Gasteiger partial charge in [-0.3, -0.25) is 4.79 Å². The van der Waals surface area contributed by atoms with E-state index in [-0.39, 0.29) is 11.6 Å². The smallest absolute Gasteiger partial charge is 0.407 e. The number of hydrogen-bond donors (Lipinski definition) is 1. The third-order valence-electron chi connectivity index (χ3n) is 5.25. The van der Waals surface area contributed by atoms with E-state index in [2.05, 4.69) is 15.2 Å². The van der Waals surface area contributed by atoms with Crippen molar-refractivity contribution in [3.8, 4) is 11.1 Å². The van der Waals surface area contributed by atoms with Crippen molar-refractivity contribution in [1.82, 2.24) is 15.2 Å². The minimum absolute atomic E-state index is 0.00631. The number of benzene rings is 1. The van der Waals surface area contributed by atoms with Crippen molar-refractivity contribution >= 4 is 29.3 Å². The van der Waals surface area contributed by atoms with Gasteiger partial charge in [0.05, 0.1) is 5.56 Å². The summed E-state index contributed by atoms with van der Waals surface area (Å²) in [5.41, 5.74) is 1.50. The number of piperidine rings is 1. The molecule has 1 aromatic carbocycles. The Kier molecular flexibility index (Phi) is 7.47. The highest BCUT2D eigenvalue weighted by Crippen LogP contribution is 2.34. The van der Waals surface area contributed by atoms with E-state index in [1.165, 1.54) is 17.0 Å². The Balaban J connectivity index is 1.86. The lowest BCUT2D eigenvalue weighted by atomic mass is 10.00. The van der Waals surface area contributed by atoms with Gasteiger partial charge in [-0.25, -0.2) is 14.2 Å². The Morgan fingerprint density at radius 3 is 2.64 bits per heavy atom. The predicted molar refractivity (Wildman–Crippen MR) is 127 cm³/mol. The zero-order valence-corrected chi connectivity index (χ0v) is 20.4. The zero-order valence-electron chi connectivity index (χ0n) is 19.6. The number of anilines is 1. The van der Waals surface area contributed by atoms with Gasteiger partial charge in [-0.1, -0.05) is 17.7 Å². The van der Waals surface area contributed by atoms with Gasteiger partial charge < -0.3 is 19.9 Å². The third kappa shape index (κ3) is 6.35. The van der Waals surface area contributed by atoms with Crippen molar-refractivity contribution in [2.45, 2.75) is 45.3 Å². The number of hydrogen-bond acceptors (Lipinski definition) is 5. The van der Waals surface area contributed by atoms with Crippen molar-refractivity contribution in [3.63, 3.8) is 0 Å². The Hall–Kier alpha value is -2.87. The molecule has 0 spiro atoms. The normalized spacial score (nSPS) is 16.3. The average Bonchev–Trinajstić information content (AvgIpc) is 2.72. The number of carbonyl (C=O) groups is 2. The van der Waals surface area contributed by atoms with Crippen LogP contribution in [0, 0.1) is 5.82 Å². The first kappa shape index (κ1) is 24.8. The number of halogens is 2. The van der Waals surface area contributed by atoms with Crippen LogP contribution in [0.2, 0.25) is 5.15 Å². The summed E-state index contributed by atoms with van der Waals surface area (Å²) in [6.07, 6.45) is 2.82. The molecule has 1 aliphatic rings. The fourth-order valence-corrected chi connectivity index (χ4v) is 3.94. The van der Waals surface area contributed by atoms with E-state index in [1.54, 1.807) is 32.4 Å². The number of nitrogens with one attached hydrogen (secondary N) is 1. The molecule has 9 heteroatoms. The van der Waals surface area contributed by atoms with Crippen LogP contribution in [0.4, 0.5) is 14.9 Å². The Morgan fingerprint density at radius 1 is 1.27 bits per heavy atom. The monoisotopic (exact) mass is 476 g/mol. The SMILES string of the molecule is CN(C)C(=O)c1ccc(-c2cnc(Cl)cc2N2CCC[C@H](NC(=O)OC(C)(C)C)C2)cc1F. The molecule has 0 bridgehead atoms. The highest BCUT2D eigenvalue weighted by atomic mass is 35.5. The summed E-state index contributed by atoms with van der Waals surface area (Å²) in [7, 11) is 3.16. The van der Waals surface area contributed by atoms with E-state index in [0.717, 1.165) is 25.1 Å². The highest BCUT2D eigenvalue weighted by molar-refractivity contribution is 6.29. The fraction of sp³-hybridized carbons (Fsp3) is 0.458. The number of pyridine rings is 1. The number of rotatable bonds is 4. The van der Waals surface area contributed by atoms with Gasteiger partial charge in [0.1, 0.15) is 16.6 Å². The maximum absolute atomic E-state index is 14.8. The van der Waals surface area contributed by atoms with Crippen LogP contribution in [-0.2, 0) is 4.74 Å². The summed E-state index contributed by atoms with van der Waals surface area (Å²) in [6, 6.07) is 6.16. The molecule has 3 rings (SSSR count). The topological polar surface area (TPSA) is 74.8 Å². The molecular formula is C24H30ClFN4O3. The second-order valence-electron chi connectivity index (χ2n) is 9.35. The Labute approximate surface area is 198 Å². The Bertz CT molecular complexity index is 1040. The number of nitrogens with zero attached hydrogens (tertiary/aromatic N) is 3. The van der Waals surface area contributed by atoms with Crippen molar-refractivity contribution in [1.29, 1.82) is 0 Å². The molecular weight excluding hydrogens is 447 g/mol. The molecule has 1 aliphatic heterocycles. The molecule has 1 fully saturated rings. The van der Waals surface area contributed by atoms with E-state index in [0.29, 0.717) is 22.8 Å². The Morgan fingerprint density at radius 2 is 2.00 bits per heavy atom. The van der Waals surface area contributed by atoms with Crippen LogP contribution in [0.5, 0.6) is 0 Å². The number of amides is 2. The van der Waals surface area contributed by atoms with Gasteiger partial charge in [-0.2, -0.15) is 0 Å². The quantitative estimate of drug-likeness (QED) is 0.645. The van der Waals surface area contributed by atoms with E-state index in [1.807, 2.05) is 20.8 Å². The molecule has 0 radical (unpaired) electrons. The molecule has 0 aliphatic carbocycles. The highest BCUT2D eigenvalue weighted by Gasteiger charge is 2.26. The second-order valence-corrected chi connectivity index (χ2v) is 9.74. The van der Waals surface area contributed by atoms with Gasteiger partial charge in [0.2, 0.25) is 0 Å². The molecule has 0 unspecified atom stereocenters. The lowest BCUT2D eigenvalue weighted by Crippen LogP contribution is -2.49. The van der Waals surface area contributed by atoms with Crippen LogP contribution in [-0.4, -0.2) is 60.7 Å². The molecule has 33 heavy (non-hydrogen) atoms. The molecule has 2 amide bonds. The van der Waals surface area contributed by atoms with Crippen molar-refractivity contribution in [2.75, 3.05) is 32.1 Å². The van der Waals surface area contributed by atoms with E-state index in [4.69, 9.17) is 16.3 Å². The minimum atomic E-state index is -0.602.